The second-order valence-corrected chi connectivity index (χ2v) is 8.60. The van der Waals surface area contributed by atoms with Crippen LogP contribution in [0.15, 0.2) is 53.6 Å². The molecule has 0 unspecified atom stereocenters. The molecule has 2 fully saturated rings. The Morgan fingerprint density at radius 1 is 1.07 bits per heavy atom. The molecule has 0 aliphatic carbocycles. The van der Waals surface area contributed by atoms with Crippen molar-refractivity contribution < 1.29 is 5.11 Å². The molecule has 5 nitrogen and oxygen atoms in total. The van der Waals surface area contributed by atoms with Gasteiger partial charge in [-0.15, -0.1) is 11.8 Å². The van der Waals surface area contributed by atoms with E-state index in [9.17, 15) is 5.11 Å². The topological polar surface area (TPSA) is 42.8 Å². The lowest BCUT2D eigenvalue weighted by molar-refractivity contribution is -0.0172. The van der Waals surface area contributed by atoms with Gasteiger partial charge in [-0.1, -0.05) is 18.2 Å². The summed E-state index contributed by atoms with van der Waals surface area (Å²) < 4.78 is 0. The third kappa shape index (κ3) is 4.69. The minimum absolute atomic E-state index is 0.277. The molecule has 1 aromatic heterocycles. The van der Waals surface area contributed by atoms with Crippen molar-refractivity contribution in [1.82, 2.24) is 14.8 Å². The minimum Gasteiger partial charge on any atom is -0.390 e. The van der Waals surface area contributed by atoms with Gasteiger partial charge in [-0.05, 0) is 42.5 Å². The second kappa shape index (κ2) is 9.27. The molecule has 2 saturated heterocycles. The molecule has 0 bridgehead atoms. The number of likely N-dealkylation sites (tertiary alicyclic amines) is 1. The van der Waals surface area contributed by atoms with E-state index in [1.54, 1.807) is 11.8 Å². The highest BCUT2D eigenvalue weighted by atomic mass is 32.2. The first-order valence-electron chi connectivity index (χ1n) is 10.2. The van der Waals surface area contributed by atoms with E-state index in [1.807, 2.05) is 18.3 Å². The van der Waals surface area contributed by atoms with Gasteiger partial charge in [0, 0.05) is 62.9 Å². The van der Waals surface area contributed by atoms with Crippen LogP contribution in [0.2, 0.25) is 0 Å². The van der Waals surface area contributed by atoms with E-state index < -0.39 is 0 Å². The zero-order chi connectivity index (χ0) is 19.3. The number of piperidine rings is 1. The molecule has 0 spiro atoms. The maximum Gasteiger partial charge on any atom is 0.128 e. The van der Waals surface area contributed by atoms with Crippen molar-refractivity contribution in [2.75, 3.05) is 50.4 Å². The van der Waals surface area contributed by atoms with Crippen molar-refractivity contribution in [3.05, 3.63) is 54.2 Å². The Bertz CT molecular complexity index is 751. The number of aliphatic hydroxyl groups is 1. The molecule has 2 aliphatic heterocycles. The van der Waals surface area contributed by atoms with Gasteiger partial charge in [0.25, 0.3) is 0 Å². The molecule has 1 aromatic carbocycles. The predicted octanol–water partition coefficient (Wildman–Crippen LogP) is 2.56. The van der Waals surface area contributed by atoms with Crippen molar-refractivity contribution >= 4 is 17.6 Å². The SMILES string of the molecule is CSc1cccc(CN2CC[C@@H](N3CCN(c4ccccn4)CC3)[C@H](O)C2)c1. The van der Waals surface area contributed by atoms with Crippen LogP contribution in [0, 0.1) is 0 Å². The Morgan fingerprint density at radius 2 is 1.93 bits per heavy atom. The predicted molar refractivity (Wildman–Crippen MR) is 116 cm³/mol. The quantitative estimate of drug-likeness (QED) is 0.781. The number of hydrogen-bond donors (Lipinski definition) is 1. The maximum absolute atomic E-state index is 10.8. The highest BCUT2D eigenvalue weighted by Gasteiger charge is 2.33. The maximum atomic E-state index is 10.8. The smallest absolute Gasteiger partial charge is 0.128 e. The number of aliphatic hydroxyl groups excluding tert-OH is 1. The summed E-state index contributed by atoms with van der Waals surface area (Å²) in [6, 6.07) is 15.1. The van der Waals surface area contributed by atoms with E-state index in [2.05, 4.69) is 56.3 Å². The molecule has 28 heavy (non-hydrogen) atoms. The molecule has 2 atom stereocenters. The van der Waals surface area contributed by atoms with E-state index in [1.165, 1.54) is 10.5 Å². The molecule has 2 aliphatic rings. The number of thioether (sulfide) groups is 1. The Kier molecular flexibility index (Phi) is 6.52. The summed E-state index contributed by atoms with van der Waals surface area (Å²) in [5.41, 5.74) is 1.33. The number of benzene rings is 1. The molecular formula is C22H30N4OS. The summed E-state index contributed by atoms with van der Waals surface area (Å²) in [4.78, 5) is 13.0. The van der Waals surface area contributed by atoms with E-state index >= 15 is 0 Å². The molecular weight excluding hydrogens is 368 g/mol. The number of pyridine rings is 1. The van der Waals surface area contributed by atoms with Crippen molar-refractivity contribution in [2.24, 2.45) is 0 Å². The minimum atomic E-state index is -0.279. The van der Waals surface area contributed by atoms with Crippen molar-refractivity contribution in [3.8, 4) is 0 Å². The number of nitrogens with zero attached hydrogens (tertiary/aromatic N) is 4. The van der Waals surface area contributed by atoms with Crippen LogP contribution in [0.25, 0.3) is 0 Å². The number of β-amino-alcohol motifs (C(OH)–C–C–N with tert-alkyl or cyclic N) is 1. The number of hydrogen-bond acceptors (Lipinski definition) is 6. The fraction of sp³-hybridized carbons (Fsp3) is 0.500. The Hall–Kier alpha value is -1.60. The molecule has 3 heterocycles. The number of rotatable bonds is 5. The molecule has 0 amide bonds. The van der Waals surface area contributed by atoms with Crippen LogP contribution >= 0.6 is 11.8 Å². The third-order valence-corrected chi connectivity index (χ3v) is 6.65. The van der Waals surface area contributed by atoms with Gasteiger partial charge in [0.1, 0.15) is 5.82 Å². The third-order valence-electron chi connectivity index (χ3n) is 5.93. The highest BCUT2D eigenvalue weighted by molar-refractivity contribution is 7.98. The average Bonchev–Trinajstić information content (AvgIpc) is 2.75. The number of aromatic nitrogens is 1. The summed E-state index contributed by atoms with van der Waals surface area (Å²) >= 11 is 1.78. The normalized spacial score (nSPS) is 24.4. The summed E-state index contributed by atoms with van der Waals surface area (Å²) in [7, 11) is 0. The molecule has 6 heteroatoms. The zero-order valence-corrected chi connectivity index (χ0v) is 17.4. The fourth-order valence-corrected chi connectivity index (χ4v) is 4.89. The number of anilines is 1. The lowest BCUT2D eigenvalue weighted by atomic mass is 9.98. The summed E-state index contributed by atoms with van der Waals surface area (Å²) in [6.45, 7) is 6.67. The lowest BCUT2D eigenvalue weighted by Crippen LogP contribution is -2.58. The first-order chi connectivity index (χ1) is 13.7. The van der Waals surface area contributed by atoms with Gasteiger partial charge in [0.05, 0.1) is 6.10 Å². The number of piperazine rings is 1. The molecule has 4 rings (SSSR count). The molecule has 150 valence electrons. The van der Waals surface area contributed by atoms with Crippen LogP contribution in [0.5, 0.6) is 0 Å². The fourth-order valence-electron chi connectivity index (χ4n) is 4.41. The van der Waals surface area contributed by atoms with Crippen molar-refractivity contribution in [3.63, 3.8) is 0 Å². The van der Waals surface area contributed by atoms with E-state index in [0.29, 0.717) is 0 Å². The Balaban J connectivity index is 1.29. The van der Waals surface area contributed by atoms with Gasteiger partial charge in [-0.2, -0.15) is 0 Å². The van der Waals surface area contributed by atoms with Crippen LogP contribution in [-0.4, -0.2) is 77.6 Å². The lowest BCUT2D eigenvalue weighted by Gasteiger charge is -2.45. The van der Waals surface area contributed by atoms with Gasteiger partial charge in [0.2, 0.25) is 0 Å². The largest absolute Gasteiger partial charge is 0.390 e. The molecule has 0 radical (unpaired) electrons. The van der Waals surface area contributed by atoms with Crippen LogP contribution in [0.4, 0.5) is 5.82 Å². The van der Waals surface area contributed by atoms with Crippen LogP contribution in [-0.2, 0) is 6.54 Å². The van der Waals surface area contributed by atoms with E-state index in [-0.39, 0.29) is 12.1 Å². The van der Waals surface area contributed by atoms with E-state index in [0.717, 1.165) is 58.1 Å². The first kappa shape index (κ1) is 19.7. The molecule has 1 N–H and O–H groups in total. The van der Waals surface area contributed by atoms with E-state index in [4.69, 9.17) is 0 Å². The Labute approximate surface area is 172 Å². The summed E-state index contributed by atoms with van der Waals surface area (Å²) in [6.07, 6.45) is 4.73. The van der Waals surface area contributed by atoms with Gasteiger partial charge in [-0.25, -0.2) is 4.98 Å². The van der Waals surface area contributed by atoms with Crippen molar-refractivity contribution in [1.29, 1.82) is 0 Å². The molecule has 0 saturated carbocycles. The van der Waals surface area contributed by atoms with Crippen LogP contribution in [0.3, 0.4) is 0 Å². The zero-order valence-electron chi connectivity index (χ0n) is 16.6. The summed E-state index contributed by atoms with van der Waals surface area (Å²) in [5.74, 6) is 1.06. The highest BCUT2D eigenvalue weighted by Crippen LogP contribution is 2.23. The molecule has 2 aromatic rings. The van der Waals surface area contributed by atoms with Crippen LogP contribution in [0.1, 0.15) is 12.0 Å². The van der Waals surface area contributed by atoms with Crippen LogP contribution < -0.4 is 4.90 Å². The summed E-state index contributed by atoms with van der Waals surface area (Å²) in [5, 5.41) is 10.8. The average molecular weight is 399 g/mol. The van der Waals surface area contributed by atoms with Gasteiger partial charge < -0.3 is 10.0 Å². The van der Waals surface area contributed by atoms with Gasteiger partial charge >= 0.3 is 0 Å². The Morgan fingerprint density at radius 3 is 2.64 bits per heavy atom. The van der Waals surface area contributed by atoms with Gasteiger partial charge in [0.15, 0.2) is 0 Å². The second-order valence-electron chi connectivity index (χ2n) is 7.72. The van der Waals surface area contributed by atoms with Crippen molar-refractivity contribution in [2.45, 2.75) is 30.0 Å². The van der Waals surface area contributed by atoms with Gasteiger partial charge in [-0.3, -0.25) is 9.80 Å². The standard InChI is InChI=1S/C22H30N4OS/c1-28-19-6-4-5-18(15-19)16-24-10-8-20(21(27)17-24)25-11-13-26(14-12-25)22-7-2-3-9-23-22/h2-7,9,15,20-21,27H,8,10-14,16-17H2,1H3/t20-,21-/m1/s1. The monoisotopic (exact) mass is 398 g/mol. The first-order valence-corrected chi connectivity index (χ1v) is 11.4.